The molecule has 2 atom stereocenters. The fraction of sp³-hybridized carbons (Fsp3) is 0.211. The van der Waals surface area contributed by atoms with E-state index in [1.807, 2.05) is 0 Å². The number of amides is 3. The predicted octanol–water partition coefficient (Wildman–Crippen LogP) is 0.919. The highest BCUT2D eigenvalue weighted by molar-refractivity contribution is 6.30. The average Bonchev–Trinajstić information content (AvgIpc) is 2.63. The Morgan fingerprint density at radius 3 is 2.07 bits per heavy atom. The van der Waals surface area contributed by atoms with Gasteiger partial charge in [0.15, 0.2) is 12.6 Å². The summed E-state index contributed by atoms with van der Waals surface area (Å²) in [7, 11) is 1.77. The number of halogens is 1. The quantitative estimate of drug-likeness (QED) is 0.565. The lowest BCUT2D eigenvalue weighted by Gasteiger charge is -2.20. The molecule has 0 bridgehead atoms. The number of anilines is 2. The van der Waals surface area contributed by atoms with Crippen LogP contribution in [0.2, 0.25) is 5.02 Å². The van der Waals surface area contributed by atoms with E-state index in [1.165, 1.54) is 0 Å². The number of primary amides is 1. The van der Waals surface area contributed by atoms with Crippen molar-refractivity contribution in [3.05, 3.63) is 59.1 Å². The van der Waals surface area contributed by atoms with Crippen LogP contribution < -0.4 is 21.3 Å². The molecule has 0 spiro atoms. The Labute approximate surface area is 162 Å². The molecule has 0 aliphatic rings. The van der Waals surface area contributed by atoms with E-state index >= 15 is 0 Å². The summed E-state index contributed by atoms with van der Waals surface area (Å²) in [4.78, 5) is 36.3. The zero-order chi connectivity index (χ0) is 20.0. The smallest absolute Gasteiger partial charge is 0.282 e. The SMILES string of the molecule is C[C@H](C(=O)Nc1ccc(C(N)=O)cc1)[NH+](C)CC(=O)Nc1ccc(Cl)cc1. The van der Waals surface area contributed by atoms with E-state index in [0.717, 1.165) is 4.90 Å². The monoisotopic (exact) mass is 389 g/mol. The van der Waals surface area contributed by atoms with Gasteiger partial charge in [-0.1, -0.05) is 11.6 Å². The van der Waals surface area contributed by atoms with E-state index in [1.54, 1.807) is 62.5 Å². The number of carbonyl (C=O) groups excluding carboxylic acids is 3. The van der Waals surface area contributed by atoms with Crippen LogP contribution in [-0.4, -0.2) is 37.4 Å². The Balaban J connectivity index is 1.88. The maximum atomic E-state index is 12.4. The Hall–Kier alpha value is -2.90. The van der Waals surface area contributed by atoms with E-state index in [4.69, 9.17) is 17.3 Å². The van der Waals surface area contributed by atoms with Crippen molar-refractivity contribution in [2.45, 2.75) is 13.0 Å². The van der Waals surface area contributed by atoms with Crippen LogP contribution in [0.4, 0.5) is 11.4 Å². The molecule has 2 aromatic carbocycles. The van der Waals surface area contributed by atoms with Gasteiger partial charge in [-0.2, -0.15) is 0 Å². The molecule has 0 saturated carbocycles. The standard InChI is InChI=1S/C19H21ClN4O3/c1-12(19(27)23-16-7-3-13(4-8-16)18(21)26)24(2)11-17(25)22-15-9-5-14(20)6-10-15/h3-10,12H,11H2,1-2H3,(H2,21,26)(H,22,25)(H,23,27)/p+1/t12-/m1/s1. The molecule has 2 aromatic rings. The second-order valence-electron chi connectivity index (χ2n) is 6.23. The van der Waals surface area contributed by atoms with Crippen molar-refractivity contribution in [2.75, 3.05) is 24.2 Å². The lowest BCUT2D eigenvalue weighted by Crippen LogP contribution is -3.14. The van der Waals surface area contributed by atoms with Gasteiger partial charge >= 0.3 is 0 Å². The van der Waals surface area contributed by atoms with E-state index in [-0.39, 0.29) is 18.4 Å². The first-order chi connectivity index (χ1) is 12.8. The molecular weight excluding hydrogens is 368 g/mol. The van der Waals surface area contributed by atoms with Crippen molar-refractivity contribution in [1.82, 2.24) is 0 Å². The summed E-state index contributed by atoms with van der Waals surface area (Å²) in [6, 6.07) is 12.6. The topological polar surface area (TPSA) is 106 Å². The summed E-state index contributed by atoms with van der Waals surface area (Å²) < 4.78 is 0. The molecule has 2 rings (SSSR count). The van der Waals surface area contributed by atoms with Crippen molar-refractivity contribution >= 4 is 40.7 Å². The van der Waals surface area contributed by atoms with Crippen molar-refractivity contribution in [3.63, 3.8) is 0 Å². The van der Waals surface area contributed by atoms with Gasteiger partial charge in [0, 0.05) is 22.0 Å². The van der Waals surface area contributed by atoms with Gasteiger partial charge in [-0.3, -0.25) is 14.4 Å². The summed E-state index contributed by atoms with van der Waals surface area (Å²) in [5.74, 6) is -0.976. The van der Waals surface area contributed by atoms with E-state index in [9.17, 15) is 14.4 Å². The van der Waals surface area contributed by atoms with Crippen molar-refractivity contribution < 1.29 is 19.3 Å². The number of carbonyl (C=O) groups is 3. The number of quaternary nitrogens is 1. The molecule has 0 radical (unpaired) electrons. The molecule has 27 heavy (non-hydrogen) atoms. The molecule has 0 heterocycles. The summed E-state index contributed by atoms with van der Waals surface area (Å²) in [6.45, 7) is 1.86. The molecule has 1 unspecified atom stereocenters. The van der Waals surface area contributed by atoms with Crippen LogP contribution in [0, 0.1) is 0 Å². The van der Waals surface area contributed by atoms with Gasteiger partial charge in [-0.05, 0) is 55.5 Å². The normalized spacial score (nSPS) is 12.7. The molecule has 3 amide bonds. The fourth-order valence-electron chi connectivity index (χ4n) is 2.34. The molecule has 0 aliphatic carbocycles. The van der Waals surface area contributed by atoms with Crippen LogP contribution in [0.3, 0.4) is 0 Å². The zero-order valence-electron chi connectivity index (χ0n) is 15.1. The molecular formula is C19H22ClN4O3+. The minimum Gasteiger partial charge on any atom is -0.366 e. The summed E-state index contributed by atoms with van der Waals surface area (Å²) in [5, 5.41) is 6.11. The third-order valence-corrected chi connectivity index (χ3v) is 4.39. The lowest BCUT2D eigenvalue weighted by molar-refractivity contribution is -0.885. The summed E-state index contributed by atoms with van der Waals surface area (Å²) in [5.41, 5.74) is 6.75. The van der Waals surface area contributed by atoms with Crippen LogP contribution in [0.1, 0.15) is 17.3 Å². The first-order valence-electron chi connectivity index (χ1n) is 8.34. The Morgan fingerprint density at radius 1 is 1.00 bits per heavy atom. The van der Waals surface area contributed by atoms with Gasteiger partial charge < -0.3 is 21.3 Å². The maximum absolute atomic E-state index is 12.4. The van der Waals surface area contributed by atoms with E-state index < -0.39 is 11.9 Å². The Bertz CT molecular complexity index is 822. The highest BCUT2D eigenvalue weighted by Crippen LogP contribution is 2.13. The predicted molar refractivity (Wildman–Crippen MR) is 105 cm³/mol. The van der Waals surface area contributed by atoms with Gasteiger partial charge in [-0.25, -0.2) is 0 Å². The van der Waals surface area contributed by atoms with Crippen LogP contribution >= 0.6 is 11.6 Å². The molecule has 0 fully saturated rings. The summed E-state index contributed by atoms with van der Waals surface area (Å²) >= 11 is 5.82. The van der Waals surface area contributed by atoms with Crippen LogP contribution in [0.5, 0.6) is 0 Å². The molecule has 0 aromatic heterocycles. The third-order valence-electron chi connectivity index (χ3n) is 4.14. The number of nitrogens with one attached hydrogen (secondary N) is 3. The van der Waals surface area contributed by atoms with Crippen molar-refractivity contribution in [1.29, 1.82) is 0 Å². The second-order valence-corrected chi connectivity index (χ2v) is 6.67. The van der Waals surface area contributed by atoms with Gasteiger partial charge in [-0.15, -0.1) is 0 Å². The zero-order valence-corrected chi connectivity index (χ0v) is 15.8. The van der Waals surface area contributed by atoms with Crippen LogP contribution in [0.15, 0.2) is 48.5 Å². The molecule has 5 N–H and O–H groups in total. The first kappa shape index (κ1) is 20.4. The van der Waals surface area contributed by atoms with Crippen molar-refractivity contribution in [2.24, 2.45) is 5.73 Å². The largest absolute Gasteiger partial charge is 0.366 e. The highest BCUT2D eigenvalue weighted by atomic mass is 35.5. The van der Waals surface area contributed by atoms with Crippen molar-refractivity contribution in [3.8, 4) is 0 Å². The van der Waals surface area contributed by atoms with Gasteiger partial charge in [0.05, 0.1) is 7.05 Å². The number of benzene rings is 2. The summed E-state index contributed by atoms with van der Waals surface area (Å²) in [6.07, 6.45) is 0. The molecule has 0 aliphatic heterocycles. The Kier molecular flexibility index (Phi) is 6.92. The minimum atomic E-state index is -0.530. The molecule has 8 heteroatoms. The van der Waals surface area contributed by atoms with Gasteiger partial charge in [0.25, 0.3) is 11.8 Å². The molecule has 142 valence electrons. The van der Waals surface area contributed by atoms with E-state index in [2.05, 4.69) is 10.6 Å². The van der Waals surface area contributed by atoms with Gasteiger partial charge in [0.1, 0.15) is 0 Å². The van der Waals surface area contributed by atoms with Crippen LogP contribution in [0.25, 0.3) is 0 Å². The highest BCUT2D eigenvalue weighted by Gasteiger charge is 2.24. The fourth-order valence-corrected chi connectivity index (χ4v) is 2.46. The minimum absolute atomic E-state index is 0.123. The van der Waals surface area contributed by atoms with Crippen LogP contribution in [-0.2, 0) is 9.59 Å². The maximum Gasteiger partial charge on any atom is 0.282 e. The first-order valence-corrected chi connectivity index (χ1v) is 8.72. The number of nitrogens with two attached hydrogens (primary N) is 1. The Morgan fingerprint density at radius 2 is 1.52 bits per heavy atom. The lowest BCUT2D eigenvalue weighted by atomic mass is 10.2. The molecule has 0 saturated heterocycles. The number of hydrogen-bond acceptors (Lipinski definition) is 3. The van der Waals surface area contributed by atoms with Gasteiger partial charge in [0.2, 0.25) is 5.91 Å². The molecule has 7 nitrogen and oxygen atoms in total. The third kappa shape index (κ3) is 6.09. The van der Waals surface area contributed by atoms with E-state index in [0.29, 0.717) is 22.0 Å². The number of likely N-dealkylation sites (N-methyl/N-ethyl adjacent to an activating group) is 1. The second kappa shape index (κ2) is 9.16. The number of hydrogen-bond donors (Lipinski definition) is 4. The average molecular weight is 390 g/mol. The number of rotatable bonds is 7.